The smallest absolute Gasteiger partial charge is 0.317 e. The van der Waals surface area contributed by atoms with E-state index in [1.54, 1.807) is 14.1 Å². The van der Waals surface area contributed by atoms with Gasteiger partial charge in [-0.25, -0.2) is 4.79 Å². The zero-order valence-electron chi connectivity index (χ0n) is 16.1. The molecule has 0 aromatic heterocycles. The van der Waals surface area contributed by atoms with Crippen LogP contribution in [0, 0.1) is 11.8 Å². The monoisotopic (exact) mass is 346 g/mol. The van der Waals surface area contributed by atoms with E-state index in [1.807, 2.05) is 48.2 Å². The summed E-state index contributed by atoms with van der Waals surface area (Å²) in [6.45, 7) is 5.50. The van der Waals surface area contributed by atoms with E-state index in [-0.39, 0.29) is 23.9 Å². The van der Waals surface area contributed by atoms with Gasteiger partial charge in [0.05, 0.1) is 6.04 Å². The maximum absolute atomic E-state index is 12.9. The first-order valence-corrected chi connectivity index (χ1v) is 8.75. The van der Waals surface area contributed by atoms with Crippen molar-refractivity contribution < 1.29 is 9.59 Å². The molecule has 0 spiro atoms. The molecule has 6 heteroatoms. The third kappa shape index (κ3) is 4.44. The van der Waals surface area contributed by atoms with Gasteiger partial charge in [0.15, 0.2) is 0 Å². The lowest BCUT2D eigenvalue weighted by Crippen LogP contribution is -2.46. The molecular weight excluding hydrogens is 316 g/mol. The molecule has 0 saturated carbocycles. The zero-order valence-corrected chi connectivity index (χ0v) is 16.1. The van der Waals surface area contributed by atoms with Crippen LogP contribution in [0.4, 0.5) is 10.5 Å². The molecule has 0 radical (unpaired) electrons. The van der Waals surface area contributed by atoms with E-state index in [4.69, 9.17) is 0 Å². The highest BCUT2D eigenvalue weighted by Crippen LogP contribution is 2.26. The van der Waals surface area contributed by atoms with Crippen LogP contribution in [0.5, 0.6) is 0 Å². The van der Waals surface area contributed by atoms with Crippen LogP contribution in [0.25, 0.3) is 0 Å². The Kier molecular flexibility index (Phi) is 5.93. The second-order valence-electron chi connectivity index (χ2n) is 7.51. The summed E-state index contributed by atoms with van der Waals surface area (Å²) in [6.07, 6.45) is 0. The normalized spacial score (nSPS) is 19.9. The van der Waals surface area contributed by atoms with E-state index in [0.717, 1.165) is 5.69 Å². The summed E-state index contributed by atoms with van der Waals surface area (Å²) in [5.74, 6) is 0.674. The number of nitrogens with one attached hydrogen (secondary N) is 1. The van der Waals surface area contributed by atoms with Crippen LogP contribution in [0.1, 0.15) is 24.2 Å². The van der Waals surface area contributed by atoms with Gasteiger partial charge in [-0.1, -0.05) is 13.8 Å². The van der Waals surface area contributed by atoms with Gasteiger partial charge in [0.2, 0.25) is 0 Å². The lowest BCUT2D eigenvalue weighted by Gasteiger charge is -2.24. The lowest BCUT2D eigenvalue weighted by molar-refractivity contribution is 0.0782. The Morgan fingerprint density at radius 2 is 1.68 bits per heavy atom. The summed E-state index contributed by atoms with van der Waals surface area (Å²) in [5.41, 5.74) is 1.75. The van der Waals surface area contributed by atoms with Crippen molar-refractivity contribution in [2.75, 3.05) is 46.2 Å². The van der Waals surface area contributed by atoms with Crippen molar-refractivity contribution in [3.8, 4) is 0 Å². The maximum atomic E-state index is 12.9. The van der Waals surface area contributed by atoms with E-state index in [9.17, 15) is 9.59 Å². The van der Waals surface area contributed by atoms with Gasteiger partial charge in [-0.2, -0.15) is 0 Å². The number of rotatable bonds is 4. The molecule has 1 aromatic rings. The number of amides is 3. The van der Waals surface area contributed by atoms with Crippen LogP contribution in [-0.4, -0.2) is 69.1 Å². The fraction of sp³-hybridized carbons (Fsp3) is 0.579. The van der Waals surface area contributed by atoms with Crippen LogP contribution in [0.3, 0.4) is 0 Å². The lowest BCUT2D eigenvalue weighted by atomic mass is 9.91. The summed E-state index contributed by atoms with van der Waals surface area (Å²) < 4.78 is 0. The number of nitrogens with zero attached hydrogens (tertiary/aromatic N) is 3. The van der Waals surface area contributed by atoms with Gasteiger partial charge in [-0.05, 0) is 30.2 Å². The molecule has 1 N–H and O–H groups in total. The Morgan fingerprint density at radius 1 is 1.08 bits per heavy atom. The predicted molar refractivity (Wildman–Crippen MR) is 101 cm³/mol. The molecule has 138 valence electrons. The standard InChI is InChI=1S/C19H30N4O2/c1-13(2)16-11-23(12-17(16)20-19(25)22(5)6)18(24)14-7-9-15(10-8-14)21(3)4/h7-10,13,16-17H,11-12H2,1-6H3,(H,20,25)/t16-,17+/m0/s1. The van der Waals surface area contributed by atoms with E-state index in [0.29, 0.717) is 24.6 Å². The van der Waals surface area contributed by atoms with E-state index in [2.05, 4.69) is 19.2 Å². The summed E-state index contributed by atoms with van der Waals surface area (Å²) in [7, 11) is 7.40. The predicted octanol–water partition coefficient (Wildman–Crippen LogP) is 2.12. The van der Waals surface area contributed by atoms with Crippen molar-refractivity contribution in [1.29, 1.82) is 0 Å². The highest BCUT2D eigenvalue weighted by atomic mass is 16.2. The fourth-order valence-electron chi connectivity index (χ4n) is 3.20. The first kappa shape index (κ1) is 19.1. The molecule has 1 fully saturated rings. The van der Waals surface area contributed by atoms with Crippen molar-refractivity contribution in [2.45, 2.75) is 19.9 Å². The van der Waals surface area contributed by atoms with Gasteiger partial charge >= 0.3 is 6.03 Å². The Bertz CT molecular complexity index is 610. The Balaban J connectivity index is 2.11. The maximum Gasteiger partial charge on any atom is 0.317 e. The molecule has 1 saturated heterocycles. The molecule has 0 bridgehead atoms. The molecule has 1 aromatic carbocycles. The molecule has 2 rings (SSSR count). The van der Waals surface area contributed by atoms with Gasteiger partial charge in [-0.15, -0.1) is 0 Å². The Hall–Kier alpha value is -2.24. The minimum atomic E-state index is -0.111. The Labute approximate surface area is 150 Å². The summed E-state index contributed by atoms with van der Waals surface area (Å²) in [6, 6.07) is 7.52. The summed E-state index contributed by atoms with van der Waals surface area (Å²) in [4.78, 5) is 30.3. The second-order valence-corrected chi connectivity index (χ2v) is 7.51. The van der Waals surface area contributed by atoms with E-state index < -0.39 is 0 Å². The van der Waals surface area contributed by atoms with Gasteiger partial charge in [-0.3, -0.25) is 4.79 Å². The third-order valence-corrected chi connectivity index (χ3v) is 4.85. The van der Waals surface area contributed by atoms with Gasteiger partial charge in [0.1, 0.15) is 0 Å². The minimum absolute atomic E-state index is 0.0140. The molecular formula is C19H30N4O2. The third-order valence-electron chi connectivity index (χ3n) is 4.85. The average molecular weight is 346 g/mol. The van der Waals surface area contributed by atoms with Gasteiger partial charge in [0.25, 0.3) is 5.91 Å². The van der Waals surface area contributed by atoms with Gasteiger partial charge < -0.3 is 20.0 Å². The number of urea groups is 1. The van der Waals surface area contributed by atoms with Crippen molar-refractivity contribution in [1.82, 2.24) is 15.1 Å². The molecule has 1 aliphatic heterocycles. The number of hydrogen-bond donors (Lipinski definition) is 1. The molecule has 1 aliphatic rings. The Morgan fingerprint density at radius 3 is 2.16 bits per heavy atom. The molecule has 25 heavy (non-hydrogen) atoms. The number of carbonyl (C=O) groups is 2. The van der Waals surface area contributed by atoms with Crippen LogP contribution < -0.4 is 10.2 Å². The minimum Gasteiger partial charge on any atom is -0.378 e. The highest BCUT2D eigenvalue weighted by Gasteiger charge is 2.38. The number of benzene rings is 1. The number of likely N-dealkylation sites (tertiary alicyclic amines) is 1. The summed E-state index contributed by atoms with van der Waals surface area (Å²) >= 11 is 0. The molecule has 3 amide bonds. The van der Waals surface area contributed by atoms with Crippen LogP contribution >= 0.6 is 0 Å². The quantitative estimate of drug-likeness (QED) is 0.909. The molecule has 1 heterocycles. The van der Waals surface area contributed by atoms with E-state index in [1.165, 1.54) is 4.90 Å². The first-order valence-electron chi connectivity index (χ1n) is 8.75. The topological polar surface area (TPSA) is 55.9 Å². The largest absolute Gasteiger partial charge is 0.378 e. The number of anilines is 1. The van der Waals surface area contributed by atoms with Crippen LogP contribution in [-0.2, 0) is 0 Å². The molecule has 0 unspecified atom stereocenters. The van der Waals surface area contributed by atoms with Crippen molar-refractivity contribution in [3.05, 3.63) is 29.8 Å². The highest BCUT2D eigenvalue weighted by molar-refractivity contribution is 5.95. The molecule has 6 nitrogen and oxygen atoms in total. The molecule has 2 atom stereocenters. The summed E-state index contributed by atoms with van der Waals surface area (Å²) in [5, 5.41) is 3.06. The fourth-order valence-corrected chi connectivity index (χ4v) is 3.20. The average Bonchev–Trinajstić information content (AvgIpc) is 2.98. The number of hydrogen-bond acceptors (Lipinski definition) is 3. The van der Waals surface area contributed by atoms with Crippen molar-refractivity contribution in [3.63, 3.8) is 0 Å². The number of carbonyl (C=O) groups excluding carboxylic acids is 2. The zero-order chi connectivity index (χ0) is 18.7. The van der Waals surface area contributed by atoms with Crippen molar-refractivity contribution in [2.24, 2.45) is 11.8 Å². The second kappa shape index (κ2) is 7.76. The van der Waals surface area contributed by atoms with Crippen molar-refractivity contribution >= 4 is 17.6 Å². The SMILES string of the molecule is CC(C)[C@@H]1CN(C(=O)c2ccc(N(C)C)cc2)C[C@H]1NC(=O)N(C)C. The molecule has 0 aliphatic carbocycles. The van der Waals surface area contributed by atoms with Crippen LogP contribution in [0.15, 0.2) is 24.3 Å². The first-order chi connectivity index (χ1) is 11.7. The van der Waals surface area contributed by atoms with E-state index >= 15 is 0 Å². The van der Waals surface area contributed by atoms with Crippen LogP contribution in [0.2, 0.25) is 0 Å². The van der Waals surface area contributed by atoms with Gasteiger partial charge in [0, 0.05) is 58.4 Å².